The van der Waals surface area contributed by atoms with Gasteiger partial charge in [0.1, 0.15) is 5.65 Å². The minimum Gasteiger partial charge on any atom is -0.481 e. The van der Waals surface area contributed by atoms with Crippen LogP contribution in [0.5, 0.6) is 0 Å². The van der Waals surface area contributed by atoms with Gasteiger partial charge in [-0.1, -0.05) is 19.9 Å². The van der Waals surface area contributed by atoms with Gasteiger partial charge in [0, 0.05) is 6.20 Å². The zero-order valence-electron chi connectivity index (χ0n) is 10.3. The Labute approximate surface area is 99.9 Å². The molecular weight excluding hydrogens is 216 g/mol. The molecule has 0 radical (unpaired) electrons. The van der Waals surface area contributed by atoms with Gasteiger partial charge in [-0.05, 0) is 24.5 Å². The standard InChI is InChI=1S/C13H16N2O2/c1-8(2)13-10(6-12(16)17)15-7-9(3)4-5-11(15)14-13/h4-5,7-8H,6H2,1-3H3,(H,16,17). The largest absolute Gasteiger partial charge is 0.481 e. The third kappa shape index (κ3) is 2.16. The smallest absolute Gasteiger partial charge is 0.309 e. The fourth-order valence-corrected chi connectivity index (χ4v) is 2.00. The van der Waals surface area contributed by atoms with E-state index in [1.165, 1.54) is 0 Å². The van der Waals surface area contributed by atoms with Crippen LogP contribution in [0.15, 0.2) is 18.3 Å². The number of aromatic nitrogens is 2. The van der Waals surface area contributed by atoms with Gasteiger partial charge in [0.2, 0.25) is 0 Å². The first-order chi connectivity index (χ1) is 7.99. The summed E-state index contributed by atoms with van der Waals surface area (Å²) < 4.78 is 1.89. The second-order valence-electron chi connectivity index (χ2n) is 4.60. The van der Waals surface area contributed by atoms with Crippen molar-refractivity contribution in [3.05, 3.63) is 35.3 Å². The maximum absolute atomic E-state index is 10.9. The third-order valence-electron chi connectivity index (χ3n) is 2.76. The Balaban J connectivity index is 2.68. The van der Waals surface area contributed by atoms with Crippen LogP contribution >= 0.6 is 0 Å². The molecule has 0 spiro atoms. The number of carbonyl (C=O) groups is 1. The van der Waals surface area contributed by atoms with Crippen molar-refractivity contribution in [2.75, 3.05) is 0 Å². The lowest BCUT2D eigenvalue weighted by Gasteiger charge is -2.05. The number of carboxylic acid groups (broad SMARTS) is 1. The number of nitrogens with zero attached hydrogens (tertiary/aromatic N) is 2. The van der Waals surface area contributed by atoms with Crippen LogP contribution in [0.3, 0.4) is 0 Å². The Kier molecular flexibility index (Phi) is 2.88. The second kappa shape index (κ2) is 4.20. The van der Waals surface area contributed by atoms with Crippen molar-refractivity contribution in [1.29, 1.82) is 0 Å². The topological polar surface area (TPSA) is 54.6 Å². The van der Waals surface area contributed by atoms with E-state index in [1.807, 2.05) is 43.5 Å². The summed E-state index contributed by atoms with van der Waals surface area (Å²) in [6.45, 7) is 6.04. The first kappa shape index (κ1) is 11.6. The Morgan fingerprint density at radius 2 is 2.18 bits per heavy atom. The maximum Gasteiger partial charge on any atom is 0.309 e. The SMILES string of the molecule is Cc1ccc2nc(C(C)C)c(CC(=O)O)n2c1. The molecule has 0 saturated carbocycles. The van der Waals surface area contributed by atoms with Crippen molar-refractivity contribution < 1.29 is 9.90 Å². The van der Waals surface area contributed by atoms with Crippen molar-refractivity contribution >= 4 is 11.6 Å². The summed E-state index contributed by atoms with van der Waals surface area (Å²) in [6.07, 6.45) is 1.95. The van der Waals surface area contributed by atoms with E-state index in [2.05, 4.69) is 4.98 Å². The maximum atomic E-state index is 10.9. The molecule has 0 fully saturated rings. The number of rotatable bonds is 3. The van der Waals surface area contributed by atoms with E-state index in [0.717, 1.165) is 22.6 Å². The number of pyridine rings is 1. The number of fused-ring (bicyclic) bond motifs is 1. The molecule has 0 saturated heterocycles. The molecule has 90 valence electrons. The van der Waals surface area contributed by atoms with Crippen LogP contribution in [-0.2, 0) is 11.2 Å². The van der Waals surface area contributed by atoms with E-state index < -0.39 is 5.97 Å². The van der Waals surface area contributed by atoms with Crippen LogP contribution < -0.4 is 0 Å². The van der Waals surface area contributed by atoms with E-state index in [1.54, 1.807) is 0 Å². The molecular formula is C13H16N2O2. The molecule has 2 aromatic rings. The van der Waals surface area contributed by atoms with E-state index in [9.17, 15) is 4.79 Å². The number of imidazole rings is 1. The average molecular weight is 232 g/mol. The van der Waals surface area contributed by atoms with Gasteiger partial charge in [-0.15, -0.1) is 0 Å². The number of aryl methyl sites for hydroxylation is 1. The molecule has 0 aliphatic heterocycles. The number of aliphatic carboxylic acids is 1. The van der Waals surface area contributed by atoms with Gasteiger partial charge in [-0.2, -0.15) is 0 Å². The molecule has 0 unspecified atom stereocenters. The minimum absolute atomic E-state index is 0.0120. The molecule has 0 aliphatic rings. The minimum atomic E-state index is -0.824. The normalized spacial score (nSPS) is 11.3. The number of carboxylic acids is 1. The molecule has 4 nitrogen and oxygen atoms in total. The van der Waals surface area contributed by atoms with Crippen molar-refractivity contribution in [3.8, 4) is 0 Å². The Morgan fingerprint density at radius 1 is 1.47 bits per heavy atom. The highest BCUT2D eigenvalue weighted by atomic mass is 16.4. The lowest BCUT2D eigenvalue weighted by molar-refractivity contribution is -0.136. The first-order valence-electron chi connectivity index (χ1n) is 5.68. The van der Waals surface area contributed by atoms with E-state index >= 15 is 0 Å². The molecule has 2 heterocycles. The highest BCUT2D eigenvalue weighted by Crippen LogP contribution is 2.21. The highest BCUT2D eigenvalue weighted by Gasteiger charge is 2.17. The fraction of sp³-hybridized carbons (Fsp3) is 0.385. The van der Waals surface area contributed by atoms with Crippen LogP contribution in [-0.4, -0.2) is 20.5 Å². The van der Waals surface area contributed by atoms with Gasteiger partial charge >= 0.3 is 5.97 Å². The summed E-state index contributed by atoms with van der Waals surface area (Å²) in [4.78, 5) is 15.4. The van der Waals surface area contributed by atoms with Crippen molar-refractivity contribution in [3.63, 3.8) is 0 Å². The highest BCUT2D eigenvalue weighted by molar-refractivity contribution is 5.70. The van der Waals surface area contributed by atoms with Gasteiger partial charge in [0.15, 0.2) is 0 Å². The summed E-state index contributed by atoms with van der Waals surface area (Å²) in [5.74, 6) is -0.597. The average Bonchev–Trinajstić information content (AvgIpc) is 2.56. The van der Waals surface area contributed by atoms with Crippen LogP contribution in [0.25, 0.3) is 5.65 Å². The fourth-order valence-electron chi connectivity index (χ4n) is 2.00. The van der Waals surface area contributed by atoms with Crippen LogP contribution in [0.1, 0.15) is 36.7 Å². The molecule has 0 amide bonds. The Bertz CT molecular complexity index is 570. The summed E-state index contributed by atoms with van der Waals surface area (Å²) in [5, 5.41) is 8.98. The number of hydrogen-bond acceptors (Lipinski definition) is 2. The summed E-state index contributed by atoms with van der Waals surface area (Å²) in [5.41, 5.74) is 3.57. The predicted molar refractivity (Wildman–Crippen MR) is 65.4 cm³/mol. The van der Waals surface area contributed by atoms with Crippen molar-refractivity contribution in [1.82, 2.24) is 9.38 Å². The number of hydrogen-bond donors (Lipinski definition) is 1. The zero-order chi connectivity index (χ0) is 12.6. The summed E-state index contributed by atoms with van der Waals surface area (Å²) >= 11 is 0. The molecule has 0 aromatic carbocycles. The molecule has 0 bridgehead atoms. The quantitative estimate of drug-likeness (QED) is 0.884. The monoisotopic (exact) mass is 232 g/mol. The van der Waals surface area contributed by atoms with E-state index in [4.69, 9.17) is 5.11 Å². The van der Waals surface area contributed by atoms with Gasteiger partial charge in [0.05, 0.1) is 17.8 Å². The molecule has 2 aromatic heterocycles. The lowest BCUT2D eigenvalue weighted by Crippen LogP contribution is -2.06. The molecule has 17 heavy (non-hydrogen) atoms. The van der Waals surface area contributed by atoms with Crippen molar-refractivity contribution in [2.24, 2.45) is 0 Å². The molecule has 2 rings (SSSR count). The van der Waals surface area contributed by atoms with Gasteiger partial charge in [-0.25, -0.2) is 4.98 Å². The summed E-state index contributed by atoms with van der Waals surface area (Å²) in [6, 6.07) is 3.91. The molecule has 1 N–H and O–H groups in total. The predicted octanol–water partition coefficient (Wildman–Crippen LogP) is 2.39. The zero-order valence-corrected chi connectivity index (χ0v) is 10.3. The Morgan fingerprint density at radius 3 is 2.76 bits per heavy atom. The third-order valence-corrected chi connectivity index (χ3v) is 2.76. The lowest BCUT2D eigenvalue weighted by atomic mass is 10.1. The van der Waals surface area contributed by atoms with Crippen LogP contribution in [0.2, 0.25) is 0 Å². The van der Waals surface area contributed by atoms with E-state index in [-0.39, 0.29) is 12.3 Å². The molecule has 0 aliphatic carbocycles. The molecule has 0 atom stereocenters. The van der Waals surface area contributed by atoms with Gasteiger partial charge in [0.25, 0.3) is 0 Å². The van der Waals surface area contributed by atoms with Gasteiger partial charge in [-0.3, -0.25) is 4.79 Å². The first-order valence-corrected chi connectivity index (χ1v) is 5.68. The van der Waals surface area contributed by atoms with Gasteiger partial charge < -0.3 is 9.51 Å². The van der Waals surface area contributed by atoms with Crippen LogP contribution in [0.4, 0.5) is 0 Å². The van der Waals surface area contributed by atoms with E-state index in [0.29, 0.717) is 0 Å². The van der Waals surface area contributed by atoms with Crippen LogP contribution in [0, 0.1) is 6.92 Å². The Hall–Kier alpha value is -1.84. The molecule has 4 heteroatoms. The summed E-state index contributed by atoms with van der Waals surface area (Å²) in [7, 11) is 0. The van der Waals surface area contributed by atoms with Crippen molar-refractivity contribution in [2.45, 2.75) is 33.1 Å². The second-order valence-corrected chi connectivity index (χ2v) is 4.60.